The normalized spacial score (nSPS) is 13.5. The summed E-state index contributed by atoms with van der Waals surface area (Å²) >= 11 is 0. The van der Waals surface area contributed by atoms with Gasteiger partial charge in [0.25, 0.3) is 0 Å². The van der Waals surface area contributed by atoms with Crippen molar-refractivity contribution in [3.8, 4) is 0 Å². The Balaban J connectivity index is 3.33. The maximum Gasteiger partial charge on any atom is 0.407 e. The number of hydrogen-bond acceptors (Lipinski definition) is 12. The van der Waals surface area contributed by atoms with E-state index < -0.39 is 73.5 Å². The minimum absolute atomic E-state index is 0.110. The topological polar surface area (TPSA) is 170 Å². The molecule has 1 rings (SSSR count). The van der Waals surface area contributed by atoms with Crippen LogP contribution in [-0.2, 0) is 59.0 Å². The number of carbonyl (C=O) groups is 6. The number of esters is 5. The lowest BCUT2D eigenvalue weighted by molar-refractivity contribution is -0.193. The first-order valence-electron chi connectivity index (χ1n) is 11.1. The molecule has 0 unspecified atom stereocenters. The highest BCUT2D eigenvalue weighted by molar-refractivity contribution is 5.70. The van der Waals surface area contributed by atoms with Crippen molar-refractivity contribution >= 4 is 35.9 Å². The van der Waals surface area contributed by atoms with Crippen molar-refractivity contribution in [3.63, 3.8) is 0 Å². The average molecular weight is 526 g/mol. The van der Waals surface area contributed by atoms with Crippen LogP contribution >= 0.6 is 0 Å². The second-order valence-corrected chi connectivity index (χ2v) is 7.71. The van der Waals surface area contributed by atoms with Crippen molar-refractivity contribution < 1.29 is 57.2 Å². The predicted octanol–water partition coefficient (Wildman–Crippen LogP) is 1.20. The fourth-order valence-corrected chi connectivity index (χ4v) is 3.07. The van der Waals surface area contributed by atoms with Gasteiger partial charge in [0.2, 0.25) is 0 Å². The summed E-state index contributed by atoms with van der Waals surface area (Å²) in [5, 5.41) is 2.42. The zero-order chi connectivity index (χ0) is 28.0. The van der Waals surface area contributed by atoms with E-state index in [0.29, 0.717) is 5.56 Å². The Morgan fingerprint density at radius 2 is 1.16 bits per heavy atom. The third kappa shape index (κ3) is 12.9. The smallest absolute Gasteiger partial charge is 0.407 e. The highest BCUT2D eigenvalue weighted by Crippen LogP contribution is 2.19. The van der Waals surface area contributed by atoms with Gasteiger partial charge in [-0.05, 0) is 5.56 Å². The number of hydrogen-bond donors (Lipinski definition) is 1. The van der Waals surface area contributed by atoms with Gasteiger partial charge in [-0.25, -0.2) is 4.79 Å². The number of nitrogens with one attached hydrogen (secondary N) is 1. The second-order valence-electron chi connectivity index (χ2n) is 7.71. The molecule has 0 aliphatic carbocycles. The third-order valence-corrected chi connectivity index (χ3v) is 4.44. The van der Waals surface area contributed by atoms with E-state index in [-0.39, 0.29) is 6.61 Å². The molecular weight excluding hydrogens is 494 g/mol. The number of alkyl carbamates (subject to hydrolysis) is 1. The molecule has 1 aromatic rings. The molecule has 0 fully saturated rings. The van der Waals surface area contributed by atoms with Gasteiger partial charge in [-0.3, -0.25) is 24.0 Å². The van der Waals surface area contributed by atoms with E-state index in [1.165, 1.54) is 0 Å². The van der Waals surface area contributed by atoms with E-state index in [1.807, 2.05) is 0 Å². The van der Waals surface area contributed by atoms with Gasteiger partial charge in [0.15, 0.2) is 18.3 Å². The summed E-state index contributed by atoms with van der Waals surface area (Å²) in [5.74, 6) is -4.04. The lowest BCUT2D eigenvalue weighted by Crippen LogP contribution is -2.58. The molecule has 0 heterocycles. The fraction of sp³-hybridized carbons (Fsp3) is 0.500. The molecule has 0 spiro atoms. The predicted molar refractivity (Wildman–Crippen MR) is 123 cm³/mol. The van der Waals surface area contributed by atoms with Gasteiger partial charge in [-0.2, -0.15) is 0 Å². The maximum absolute atomic E-state index is 12.6. The summed E-state index contributed by atoms with van der Waals surface area (Å²) in [5.41, 5.74) is 0.680. The van der Waals surface area contributed by atoms with Crippen LogP contribution in [0.15, 0.2) is 30.3 Å². The summed E-state index contributed by atoms with van der Waals surface area (Å²) in [7, 11) is 0. The summed E-state index contributed by atoms with van der Waals surface area (Å²) in [6, 6.07) is 7.38. The van der Waals surface area contributed by atoms with E-state index in [2.05, 4.69) is 5.32 Å². The van der Waals surface area contributed by atoms with E-state index >= 15 is 0 Å². The highest BCUT2D eigenvalue weighted by atomic mass is 16.6. The van der Waals surface area contributed by atoms with Crippen molar-refractivity contribution in [2.24, 2.45) is 0 Å². The highest BCUT2D eigenvalue weighted by Gasteiger charge is 2.43. The van der Waals surface area contributed by atoms with Gasteiger partial charge < -0.3 is 33.7 Å². The van der Waals surface area contributed by atoms with Gasteiger partial charge >= 0.3 is 35.9 Å². The molecule has 0 aliphatic rings. The van der Waals surface area contributed by atoms with Crippen LogP contribution in [0, 0.1) is 0 Å². The van der Waals surface area contributed by atoms with Crippen LogP contribution in [-0.4, -0.2) is 73.5 Å². The zero-order valence-corrected chi connectivity index (χ0v) is 21.2. The number of amides is 1. The lowest BCUT2D eigenvalue weighted by atomic mass is 10.0. The summed E-state index contributed by atoms with van der Waals surface area (Å²) in [6.07, 6.45) is -5.62. The Labute approximate surface area is 213 Å². The van der Waals surface area contributed by atoms with Crippen molar-refractivity contribution in [1.29, 1.82) is 0 Å². The molecule has 1 aromatic carbocycles. The number of carbonyl (C=O) groups excluding carboxylic acids is 6. The molecule has 1 N–H and O–H groups in total. The van der Waals surface area contributed by atoms with Crippen molar-refractivity contribution in [1.82, 2.24) is 5.32 Å². The molecule has 1 amide bonds. The largest absolute Gasteiger partial charge is 0.464 e. The van der Waals surface area contributed by atoms with Crippen LogP contribution in [0.2, 0.25) is 0 Å². The minimum atomic E-state index is -1.60. The standard InChI is InChI=1S/C24H31NO12/c1-14(26)32-12-20(25-24(31)34-11-19-9-7-6-8-10-19)22(36-17(4)29)23(37-18(5)30)21(35-16(3)28)13-33-15(2)27/h6-10,20-23H,11-13H2,1-5H3,(H,25,31)/t20-,21+,22+,23+/m0/s1. The third-order valence-electron chi connectivity index (χ3n) is 4.44. The van der Waals surface area contributed by atoms with Gasteiger partial charge in [-0.1, -0.05) is 30.3 Å². The van der Waals surface area contributed by atoms with Gasteiger partial charge in [0, 0.05) is 34.6 Å². The van der Waals surface area contributed by atoms with E-state index in [1.54, 1.807) is 30.3 Å². The molecule has 13 nitrogen and oxygen atoms in total. The quantitative estimate of drug-likeness (QED) is 0.289. The van der Waals surface area contributed by atoms with Crippen LogP contribution in [0.4, 0.5) is 4.79 Å². The van der Waals surface area contributed by atoms with E-state index in [0.717, 1.165) is 34.6 Å². The minimum Gasteiger partial charge on any atom is -0.464 e. The first kappa shape index (κ1) is 30.9. The Bertz CT molecular complexity index is 948. The maximum atomic E-state index is 12.6. The molecular formula is C24H31NO12. The zero-order valence-electron chi connectivity index (χ0n) is 21.2. The van der Waals surface area contributed by atoms with Gasteiger partial charge in [0.05, 0.1) is 0 Å². The molecule has 0 aromatic heterocycles. The molecule has 0 bridgehead atoms. The van der Waals surface area contributed by atoms with Crippen LogP contribution in [0.3, 0.4) is 0 Å². The first-order chi connectivity index (χ1) is 17.4. The molecule has 13 heteroatoms. The number of rotatable bonds is 13. The fourth-order valence-electron chi connectivity index (χ4n) is 3.07. The number of ether oxygens (including phenoxy) is 6. The Morgan fingerprint density at radius 1 is 0.649 bits per heavy atom. The van der Waals surface area contributed by atoms with Crippen LogP contribution in [0.5, 0.6) is 0 Å². The molecule has 0 saturated carbocycles. The Morgan fingerprint density at radius 3 is 1.68 bits per heavy atom. The summed E-state index contributed by atoms with van der Waals surface area (Å²) in [4.78, 5) is 71.2. The van der Waals surface area contributed by atoms with Crippen molar-refractivity contribution in [3.05, 3.63) is 35.9 Å². The molecule has 4 atom stereocenters. The number of benzene rings is 1. The molecule has 0 aliphatic heterocycles. The molecule has 0 radical (unpaired) electrons. The molecule has 37 heavy (non-hydrogen) atoms. The lowest BCUT2D eigenvalue weighted by Gasteiger charge is -2.35. The first-order valence-corrected chi connectivity index (χ1v) is 11.1. The average Bonchev–Trinajstić information content (AvgIpc) is 2.80. The molecule has 204 valence electrons. The van der Waals surface area contributed by atoms with Gasteiger partial charge in [0.1, 0.15) is 25.9 Å². The van der Waals surface area contributed by atoms with Crippen molar-refractivity contribution in [2.75, 3.05) is 13.2 Å². The summed E-state index contributed by atoms with van der Waals surface area (Å²) in [6.45, 7) is 4.11. The van der Waals surface area contributed by atoms with E-state index in [4.69, 9.17) is 28.4 Å². The monoisotopic (exact) mass is 525 g/mol. The van der Waals surface area contributed by atoms with Crippen LogP contribution in [0.25, 0.3) is 0 Å². The van der Waals surface area contributed by atoms with Gasteiger partial charge in [-0.15, -0.1) is 0 Å². The SMILES string of the molecule is CC(=O)OC[C@H](NC(=O)OCc1ccccc1)[C@@H](OC(C)=O)[C@H](OC(C)=O)[C@@H](COC(C)=O)OC(C)=O. The second kappa shape index (κ2) is 15.8. The Hall–Kier alpha value is -4.16. The van der Waals surface area contributed by atoms with Crippen LogP contribution in [0.1, 0.15) is 40.2 Å². The summed E-state index contributed by atoms with van der Waals surface area (Å²) < 4.78 is 30.9. The Kier molecular flexibility index (Phi) is 13.1. The molecule has 0 saturated heterocycles. The van der Waals surface area contributed by atoms with Crippen molar-refractivity contribution in [2.45, 2.75) is 65.6 Å². The van der Waals surface area contributed by atoms with Crippen LogP contribution < -0.4 is 5.32 Å². The van der Waals surface area contributed by atoms with E-state index in [9.17, 15) is 28.8 Å².